The number of β-amino-alcohol motifs (C(OH)–C–C–N with tert-alkyl or cyclic N) is 1. The third-order valence-corrected chi connectivity index (χ3v) is 4.88. The molecule has 0 aromatic heterocycles. The van der Waals surface area contributed by atoms with Crippen LogP contribution in [0.15, 0.2) is 30.3 Å². The molecule has 1 heterocycles. The highest BCUT2D eigenvalue weighted by Crippen LogP contribution is 2.12. The molecule has 0 saturated carbocycles. The van der Waals surface area contributed by atoms with Crippen LogP contribution in [0.3, 0.4) is 0 Å². The number of aliphatic hydroxyl groups excluding tert-OH is 1. The number of nitrogens with zero attached hydrogens (tertiary/aromatic N) is 2. The molecule has 0 spiro atoms. The Morgan fingerprint density at radius 2 is 1.85 bits per heavy atom. The van der Waals surface area contributed by atoms with Crippen molar-refractivity contribution >= 4 is 18.3 Å². The quantitative estimate of drug-likeness (QED) is 0.706. The predicted molar refractivity (Wildman–Crippen MR) is 106 cm³/mol. The molecular weight excluding hydrogens is 354 g/mol. The summed E-state index contributed by atoms with van der Waals surface area (Å²) in [7, 11) is 0. The first-order chi connectivity index (χ1) is 12.0. The van der Waals surface area contributed by atoms with Crippen LogP contribution < -0.4 is 10.5 Å². The third-order valence-electron chi connectivity index (χ3n) is 4.88. The fourth-order valence-corrected chi connectivity index (χ4v) is 2.92. The molecule has 1 saturated heterocycles. The summed E-state index contributed by atoms with van der Waals surface area (Å²) in [6, 6.07) is 9.07. The lowest BCUT2D eigenvalue weighted by Crippen LogP contribution is -2.55. The summed E-state index contributed by atoms with van der Waals surface area (Å²) in [5.41, 5.74) is 6.05. The van der Waals surface area contributed by atoms with Gasteiger partial charge in [0, 0.05) is 32.7 Å². The van der Waals surface area contributed by atoms with E-state index in [2.05, 4.69) is 11.8 Å². The Balaban J connectivity index is 0.00000338. The Bertz CT molecular complexity index is 524. The minimum atomic E-state index is -0.551. The van der Waals surface area contributed by atoms with Crippen molar-refractivity contribution in [2.75, 3.05) is 39.3 Å². The minimum Gasteiger partial charge on any atom is -0.491 e. The smallest absolute Gasteiger partial charge is 0.239 e. The van der Waals surface area contributed by atoms with E-state index in [4.69, 9.17) is 10.5 Å². The van der Waals surface area contributed by atoms with Crippen LogP contribution in [0.4, 0.5) is 0 Å². The van der Waals surface area contributed by atoms with Gasteiger partial charge in [-0.25, -0.2) is 0 Å². The van der Waals surface area contributed by atoms with Crippen LogP contribution in [-0.4, -0.2) is 72.3 Å². The molecule has 7 heteroatoms. The van der Waals surface area contributed by atoms with Gasteiger partial charge < -0.3 is 20.5 Å². The van der Waals surface area contributed by atoms with Gasteiger partial charge in [0.2, 0.25) is 5.91 Å². The van der Waals surface area contributed by atoms with Crippen LogP contribution in [0, 0.1) is 5.92 Å². The van der Waals surface area contributed by atoms with E-state index in [1.165, 1.54) is 0 Å². The molecule has 1 aromatic carbocycles. The Morgan fingerprint density at radius 3 is 2.42 bits per heavy atom. The van der Waals surface area contributed by atoms with Crippen LogP contribution in [0.25, 0.3) is 0 Å². The summed E-state index contributed by atoms with van der Waals surface area (Å²) in [6.07, 6.45) is 0.352. The summed E-state index contributed by atoms with van der Waals surface area (Å²) in [5, 5.41) is 10.2. The van der Waals surface area contributed by atoms with Gasteiger partial charge in [0.05, 0.1) is 6.04 Å². The highest BCUT2D eigenvalue weighted by Gasteiger charge is 2.28. The molecule has 6 nitrogen and oxygen atoms in total. The molecule has 1 fully saturated rings. The predicted octanol–water partition coefficient (Wildman–Crippen LogP) is 1.37. The Labute approximate surface area is 162 Å². The molecule has 3 atom stereocenters. The van der Waals surface area contributed by atoms with Gasteiger partial charge in [-0.1, -0.05) is 38.5 Å². The van der Waals surface area contributed by atoms with E-state index >= 15 is 0 Å². The van der Waals surface area contributed by atoms with Gasteiger partial charge in [-0.3, -0.25) is 9.69 Å². The molecule has 1 aliphatic rings. The second-order valence-corrected chi connectivity index (χ2v) is 6.82. The van der Waals surface area contributed by atoms with E-state index in [-0.39, 0.29) is 30.8 Å². The fourth-order valence-electron chi connectivity index (χ4n) is 2.92. The molecule has 0 radical (unpaired) electrons. The number of para-hydroxylation sites is 1. The van der Waals surface area contributed by atoms with Crippen molar-refractivity contribution in [1.82, 2.24) is 9.80 Å². The molecule has 0 aliphatic carbocycles. The van der Waals surface area contributed by atoms with Gasteiger partial charge in [-0.05, 0) is 18.1 Å². The Hall–Kier alpha value is -1.34. The molecule has 3 N–H and O–H groups in total. The molecule has 26 heavy (non-hydrogen) atoms. The summed E-state index contributed by atoms with van der Waals surface area (Å²) in [5.74, 6) is 1.00. The fraction of sp³-hybridized carbons (Fsp3) is 0.632. The number of nitrogens with two attached hydrogens (primary N) is 1. The van der Waals surface area contributed by atoms with Gasteiger partial charge in [0.15, 0.2) is 0 Å². The average molecular weight is 386 g/mol. The van der Waals surface area contributed by atoms with Crippen molar-refractivity contribution in [2.45, 2.75) is 32.4 Å². The maximum absolute atomic E-state index is 12.4. The number of rotatable bonds is 8. The Kier molecular flexibility index (Phi) is 9.94. The molecular formula is C19H32ClN3O3. The maximum atomic E-state index is 12.4. The number of piperazine rings is 1. The van der Waals surface area contributed by atoms with Gasteiger partial charge >= 0.3 is 0 Å². The van der Waals surface area contributed by atoms with Crippen molar-refractivity contribution in [3.63, 3.8) is 0 Å². The van der Waals surface area contributed by atoms with Crippen molar-refractivity contribution in [1.29, 1.82) is 0 Å². The lowest BCUT2D eigenvalue weighted by Gasteiger charge is -2.37. The maximum Gasteiger partial charge on any atom is 0.239 e. The number of halogens is 1. The van der Waals surface area contributed by atoms with E-state index in [0.717, 1.165) is 25.3 Å². The number of benzene rings is 1. The topological polar surface area (TPSA) is 79.0 Å². The van der Waals surface area contributed by atoms with Crippen molar-refractivity contribution in [3.8, 4) is 5.75 Å². The zero-order chi connectivity index (χ0) is 18.2. The average Bonchev–Trinajstić information content (AvgIpc) is 2.66. The second-order valence-electron chi connectivity index (χ2n) is 6.82. The van der Waals surface area contributed by atoms with E-state index < -0.39 is 12.1 Å². The first-order valence-corrected chi connectivity index (χ1v) is 9.14. The number of aliphatic hydroxyl groups is 1. The van der Waals surface area contributed by atoms with E-state index in [9.17, 15) is 9.90 Å². The third kappa shape index (κ3) is 6.76. The molecule has 0 bridgehead atoms. The van der Waals surface area contributed by atoms with E-state index in [1.54, 1.807) is 0 Å². The molecule has 1 amide bonds. The largest absolute Gasteiger partial charge is 0.491 e. The van der Waals surface area contributed by atoms with Gasteiger partial charge in [0.25, 0.3) is 0 Å². The highest BCUT2D eigenvalue weighted by atomic mass is 35.5. The summed E-state index contributed by atoms with van der Waals surface area (Å²) >= 11 is 0. The minimum absolute atomic E-state index is 0. The number of carbonyl (C=O) groups excluding carboxylic acids is 1. The summed E-state index contributed by atoms with van der Waals surface area (Å²) in [4.78, 5) is 16.4. The van der Waals surface area contributed by atoms with Crippen LogP contribution in [0.1, 0.15) is 20.3 Å². The van der Waals surface area contributed by atoms with Gasteiger partial charge in [-0.15, -0.1) is 12.4 Å². The highest BCUT2D eigenvalue weighted by molar-refractivity contribution is 5.85. The molecule has 1 aromatic rings. The molecule has 148 valence electrons. The van der Waals surface area contributed by atoms with E-state index in [1.807, 2.05) is 42.2 Å². The number of hydrogen-bond donors (Lipinski definition) is 2. The summed E-state index contributed by atoms with van der Waals surface area (Å²) < 4.78 is 5.58. The lowest BCUT2D eigenvalue weighted by molar-refractivity contribution is -0.135. The lowest BCUT2D eigenvalue weighted by atomic mass is 9.98. The van der Waals surface area contributed by atoms with Crippen molar-refractivity contribution in [3.05, 3.63) is 30.3 Å². The molecule has 3 unspecified atom stereocenters. The van der Waals surface area contributed by atoms with Crippen LogP contribution in [0.5, 0.6) is 5.75 Å². The molecule has 2 rings (SSSR count). The first-order valence-electron chi connectivity index (χ1n) is 9.14. The molecule has 1 aliphatic heterocycles. The normalized spacial score (nSPS) is 18.5. The zero-order valence-corrected chi connectivity index (χ0v) is 16.5. The zero-order valence-electron chi connectivity index (χ0n) is 15.7. The second kappa shape index (κ2) is 11.4. The monoisotopic (exact) mass is 385 g/mol. The van der Waals surface area contributed by atoms with Gasteiger partial charge in [-0.2, -0.15) is 0 Å². The number of ether oxygens (including phenoxy) is 1. The standard InChI is InChI=1S/C19H31N3O3.ClH/c1-3-15(2)18(20)19(24)22-11-9-21(10-12-22)13-16(23)14-25-17-7-5-4-6-8-17;/h4-8,15-16,18,23H,3,9-14,20H2,1-2H3;1H. The number of hydrogen-bond acceptors (Lipinski definition) is 5. The van der Waals surface area contributed by atoms with Gasteiger partial charge in [0.1, 0.15) is 18.5 Å². The first kappa shape index (κ1) is 22.7. The van der Waals surface area contributed by atoms with Crippen LogP contribution >= 0.6 is 12.4 Å². The van der Waals surface area contributed by atoms with E-state index in [0.29, 0.717) is 19.6 Å². The van der Waals surface area contributed by atoms with Crippen molar-refractivity contribution < 1.29 is 14.6 Å². The van der Waals surface area contributed by atoms with Crippen LogP contribution in [-0.2, 0) is 4.79 Å². The van der Waals surface area contributed by atoms with Crippen LogP contribution in [0.2, 0.25) is 0 Å². The number of amides is 1. The SMILES string of the molecule is CCC(C)C(N)C(=O)N1CCN(CC(O)COc2ccccc2)CC1.Cl. The Morgan fingerprint density at radius 1 is 1.23 bits per heavy atom. The van der Waals surface area contributed by atoms with Crippen molar-refractivity contribution in [2.24, 2.45) is 11.7 Å². The number of carbonyl (C=O) groups is 1. The summed E-state index contributed by atoms with van der Waals surface area (Å²) in [6.45, 7) is 7.71.